The molecule has 0 aliphatic carbocycles. The van der Waals surface area contributed by atoms with E-state index in [-0.39, 0.29) is 0 Å². The largest absolute Gasteiger partial charge is 0.497 e. The number of anilines is 2. The molecular formula is C13H16N4O. The van der Waals surface area contributed by atoms with E-state index in [2.05, 4.69) is 20.6 Å². The number of ether oxygens (including phenoxy) is 1. The van der Waals surface area contributed by atoms with Crippen LogP contribution in [0.15, 0.2) is 30.3 Å². The molecule has 1 aromatic heterocycles. The highest BCUT2D eigenvalue weighted by molar-refractivity contribution is 5.61. The van der Waals surface area contributed by atoms with Crippen LogP contribution < -0.4 is 15.4 Å². The summed E-state index contributed by atoms with van der Waals surface area (Å²) in [6.07, 6.45) is 0. The number of hydrogen-bond donors (Lipinski definition) is 2. The smallest absolute Gasteiger partial charge is 0.163 e. The van der Waals surface area contributed by atoms with Crippen LogP contribution in [0.25, 0.3) is 11.4 Å². The van der Waals surface area contributed by atoms with Crippen molar-refractivity contribution in [1.82, 2.24) is 9.97 Å². The Morgan fingerprint density at radius 3 is 1.94 bits per heavy atom. The van der Waals surface area contributed by atoms with Crippen LogP contribution in [0.1, 0.15) is 0 Å². The van der Waals surface area contributed by atoms with Gasteiger partial charge in [-0.25, -0.2) is 9.97 Å². The quantitative estimate of drug-likeness (QED) is 0.863. The first-order valence-corrected chi connectivity index (χ1v) is 5.66. The molecule has 0 fully saturated rings. The summed E-state index contributed by atoms with van der Waals surface area (Å²) in [5.74, 6) is 3.05. The van der Waals surface area contributed by atoms with Crippen molar-refractivity contribution in [2.24, 2.45) is 0 Å². The second kappa shape index (κ2) is 5.35. The third-order valence-electron chi connectivity index (χ3n) is 2.59. The van der Waals surface area contributed by atoms with E-state index in [1.807, 2.05) is 44.4 Å². The number of benzene rings is 1. The number of nitrogens with zero attached hydrogens (tertiary/aromatic N) is 2. The molecule has 0 saturated carbocycles. The van der Waals surface area contributed by atoms with Crippen LogP contribution in [-0.4, -0.2) is 31.2 Å². The Kier molecular flexibility index (Phi) is 3.62. The van der Waals surface area contributed by atoms with Crippen molar-refractivity contribution in [3.63, 3.8) is 0 Å². The van der Waals surface area contributed by atoms with E-state index in [0.717, 1.165) is 22.9 Å². The molecule has 1 heterocycles. The van der Waals surface area contributed by atoms with Crippen molar-refractivity contribution in [2.75, 3.05) is 31.8 Å². The van der Waals surface area contributed by atoms with Crippen LogP contribution in [0.4, 0.5) is 11.6 Å². The molecule has 5 heteroatoms. The van der Waals surface area contributed by atoms with E-state index < -0.39 is 0 Å². The Hall–Kier alpha value is -2.30. The van der Waals surface area contributed by atoms with Crippen molar-refractivity contribution in [3.8, 4) is 17.1 Å². The Morgan fingerprint density at radius 2 is 1.50 bits per heavy atom. The van der Waals surface area contributed by atoms with Crippen molar-refractivity contribution >= 4 is 11.6 Å². The zero-order valence-electron chi connectivity index (χ0n) is 10.7. The van der Waals surface area contributed by atoms with E-state index in [4.69, 9.17) is 4.74 Å². The zero-order chi connectivity index (χ0) is 13.0. The average Bonchev–Trinajstić information content (AvgIpc) is 2.46. The second-order valence-corrected chi connectivity index (χ2v) is 3.69. The molecule has 94 valence electrons. The minimum absolute atomic E-state index is 0.675. The highest BCUT2D eigenvalue weighted by Gasteiger charge is 2.05. The number of hydrogen-bond acceptors (Lipinski definition) is 5. The van der Waals surface area contributed by atoms with Gasteiger partial charge < -0.3 is 15.4 Å². The van der Waals surface area contributed by atoms with Gasteiger partial charge in [0.2, 0.25) is 0 Å². The van der Waals surface area contributed by atoms with Crippen LogP contribution in [0.5, 0.6) is 5.75 Å². The summed E-state index contributed by atoms with van der Waals surface area (Å²) in [5.41, 5.74) is 0.949. The molecule has 0 atom stereocenters. The monoisotopic (exact) mass is 244 g/mol. The van der Waals surface area contributed by atoms with Gasteiger partial charge in [-0.1, -0.05) is 0 Å². The van der Waals surface area contributed by atoms with E-state index in [1.165, 1.54) is 0 Å². The van der Waals surface area contributed by atoms with Gasteiger partial charge in [-0.2, -0.15) is 0 Å². The summed E-state index contributed by atoms with van der Waals surface area (Å²) in [6.45, 7) is 0. The van der Waals surface area contributed by atoms with Gasteiger partial charge in [-0.15, -0.1) is 0 Å². The molecule has 0 bridgehead atoms. The molecule has 2 N–H and O–H groups in total. The summed E-state index contributed by atoms with van der Waals surface area (Å²) < 4.78 is 5.13. The SMILES string of the molecule is CNc1cc(NC)nc(-c2ccc(OC)cc2)n1. The molecule has 2 aromatic rings. The van der Waals surface area contributed by atoms with E-state index in [9.17, 15) is 0 Å². The van der Waals surface area contributed by atoms with Crippen molar-refractivity contribution in [1.29, 1.82) is 0 Å². The van der Waals surface area contributed by atoms with E-state index in [1.54, 1.807) is 7.11 Å². The molecule has 5 nitrogen and oxygen atoms in total. The first kappa shape index (κ1) is 12.2. The number of methoxy groups -OCH3 is 1. The molecule has 0 radical (unpaired) electrons. The molecule has 0 aliphatic heterocycles. The van der Waals surface area contributed by atoms with Crippen molar-refractivity contribution in [3.05, 3.63) is 30.3 Å². The van der Waals surface area contributed by atoms with E-state index in [0.29, 0.717) is 5.82 Å². The fourth-order valence-electron chi connectivity index (χ4n) is 1.57. The Morgan fingerprint density at radius 1 is 0.944 bits per heavy atom. The molecule has 0 amide bonds. The third kappa shape index (κ3) is 2.51. The topological polar surface area (TPSA) is 59.1 Å². The van der Waals surface area contributed by atoms with Gasteiger partial charge in [0.25, 0.3) is 0 Å². The van der Waals surface area contributed by atoms with Crippen LogP contribution in [0.2, 0.25) is 0 Å². The van der Waals surface area contributed by atoms with Crippen molar-refractivity contribution < 1.29 is 4.74 Å². The summed E-state index contributed by atoms with van der Waals surface area (Å²) in [4.78, 5) is 8.85. The maximum absolute atomic E-state index is 5.13. The summed E-state index contributed by atoms with van der Waals surface area (Å²) in [6, 6.07) is 9.51. The lowest BCUT2D eigenvalue weighted by Crippen LogP contribution is -2.01. The van der Waals surface area contributed by atoms with Gasteiger partial charge in [0.15, 0.2) is 5.82 Å². The lowest BCUT2D eigenvalue weighted by atomic mass is 10.2. The maximum atomic E-state index is 5.13. The fraction of sp³-hybridized carbons (Fsp3) is 0.231. The second-order valence-electron chi connectivity index (χ2n) is 3.69. The van der Waals surface area contributed by atoms with Gasteiger partial charge in [0.05, 0.1) is 7.11 Å². The normalized spacial score (nSPS) is 9.94. The fourth-order valence-corrected chi connectivity index (χ4v) is 1.57. The lowest BCUT2D eigenvalue weighted by Gasteiger charge is -2.08. The number of nitrogens with one attached hydrogen (secondary N) is 2. The molecular weight excluding hydrogens is 228 g/mol. The summed E-state index contributed by atoms with van der Waals surface area (Å²) in [5, 5.41) is 6.04. The van der Waals surface area contributed by atoms with Crippen LogP contribution in [0, 0.1) is 0 Å². The molecule has 1 aromatic carbocycles. The predicted molar refractivity (Wildman–Crippen MR) is 73.1 cm³/mol. The van der Waals surface area contributed by atoms with Gasteiger partial charge in [-0.05, 0) is 24.3 Å². The lowest BCUT2D eigenvalue weighted by molar-refractivity contribution is 0.415. The maximum Gasteiger partial charge on any atom is 0.163 e. The molecule has 0 spiro atoms. The Balaban J connectivity index is 2.41. The molecule has 0 unspecified atom stereocenters. The highest BCUT2D eigenvalue weighted by atomic mass is 16.5. The molecule has 18 heavy (non-hydrogen) atoms. The predicted octanol–water partition coefficient (Wildman–Crippen LogP) is 2.24. The van der Waals surface area contributed by atoms with Crippen molar-refractivity contribution in [2.45, 2.75) is 0 Å². The minimum atomic E-state index is 0.675. The Bertz CT molecular complexity index is 503. The van der Waals surface area contributed by atoms with Gasteiger partial charge in [-0.3, -0.25) is 0 Å². The van der Waals surface area contributed by atoms with Gasteiger partial charge in [0.1, 0.15) is 17.4 Å². The summed E-state index contributed by atoms with van der Waals surface area (Å²) in [7, 11) is 5.31. The summed E-state index contributed by atoms with van der Waals surface area (Å²) >= 11 is 0. The van der Waals surface area contributed by atoms with Gasteiger partial charge in [0, 0.05) is 25.7 Å². The van der Waals surface area contributed by atoms with Crippen LogP contribution in [-0.2, 0) is 0 Å². The number of aromatic nitrogens is 2. The first-order valence-electron chi connectivity index (χ1n) is 5.66. The van der Waals surface area contributed by atoms with Crippen LogP contribution >= 0.6 is 0 Å². The van der Waals surface area contributed by atoms with E-state index >= 15 is 0 Å². The number of rotatable bonds is 4. The first-order chi connectivity index (χ1) is 8.76. The van der Waals surface area contributed by atoms with Crippen LogP contribution in [0.3, 0.4) is 0 Å². The standard InChI is InChI=1S/C13H16N4O/c1-14-11-8-12(15-2)17-13(16-11)9-4-6-10(18-3)7-5-9/h4-8H,1-3H3,(H2,14,15,16,17). The molecule has 2 rings (SSSR count). The highest BCUT2D eigenvalue weighted by Crippen LogP contribution is 2.22. The zero-order valence-corrected chi connectivity index (χ0v) is 10.7. The molecule has 0 aliphatic rings. The third-order valence-corrected chi connectivity index (χ3v) is 2.59. The Labute approximate surface area is 106 Å². The minimum Gasteiger partial charge on any atom is -0.497 e. The van der Waals surface area contributed by atoms with Gasteiger partial charge >= 0.3 is 0 Å². The molecule has 0 saturated heterocycles. The average molecular weight is 244 g/mol.